The van der Waals surface area contributed by atoms with E-state index in [0.717, 1.165) is 18.4 Å². The van der Waals surface area contributed by atoms with E-state index >= 15 is 0 Å². The highest BCUT2D eigenvalue weighted by atomic mass is 16.5. The summed E-state index contributed by atoms with van der Waals surface area (Å²) in [6.45, 7) is 2.01. The van der Waals surface area contributed by atoms with Gasteiger partial charge in [0.05, 0.1) is 0 Å². The molecule has 0 radical (unpaired) electrons. The predicted molar refractivity (Wildman–Crippen MR) is 74.3 cm³/mol. The molecule has 1 unspecified atom stereocenters. The maximum atomic E-state index is 11.1. The van der Waals surface area contributed by atoms with E-state index in [1.54, 1.807) is 0 Å². The molecule has 0 amide bonds. The fourth-order valence-corrected chi connectivity index (χ4v) is 1.80. The molecule has 0 spiro atoms. The Kier molecular flexibility index (Phi) is 4.70. The van der Waals surface area contributed by atoms with Gasteiger partial charge in [0.2, 0.25) is 0 Å². The number of nitrogens with one attached hydrogen (secondary N) is 1. The van der Waals surface area contributed by atoms with Gasteiger partial charge in [0.25, 0.3) is 11.8 Å². The molecule has 6 heteroatoms. The molecule has 0 saturated carbocycles. The van der Waals surface area contributed by atoms with Crippen molar-refractivity contribution < 1.29 is 14.4 Å². The third-order valence-electron chi connectivity index (χ3n) is 2.89. The van der Waals surface area contributed by atoms with Crippen LogP contribution in [0.4, 0.5) is 5.95 Å². The first-order chi connectivity index (χ1) is 9.70. The average molecular weight is 275 g/mol. The normalized spacial score (nSPS) is 12.1. The molecule has 1 aromatic carbocycles. The highest BCUT2D eigenvalue weighted by Gasteiger charge is 2.19. The monoisotopic (exact) mass is 275 g/mol. The van der Waals surface area contributed by atoms with Gasteiger partial charge in [-0.3, -0.25) is 0 Å². The molecule has 0 saturated heterocycles. The van der Waals surface area contributed by atoms with E-state index in [0.29, 0.717) is 12.3 Å². The summed E-state index contributed by atoms with van der Waals surface area (Å²) in [5.74, 6) is -0.343. The molecular formula is C14H17N3O3. The van der Waals surface area contributed by atoms with Crippen LogP contribution >= 0.6 is 0 Å². The topological polar surface area (TPSA) is 88.3 Å². The molecule has 6 nitrogen and oxygen atoms in total. The van der Waals surface area contributed by atoms with Crippen LogP contribution in [0.25, 0.3) is 11.5 Å². The van der Waals surface area contributed by atoms with Crippen molar-refractivity contribution in [1.82, 2.24) is 10.1 Å². The van der Waals surface area contributed by atoms with E-state index in [1.165, 1.54) is 0 Å². The molecule has 2 aromatic rings. The maximum absolute atomic E-state index is 11.1. The van der Waals surface area contributed by atoms with Gasteiger partial charge in [-0.15, -0.1) is 0 Å². The van der Waals surface area contributed by atoms with Crippen LogP contribution < -0.4 is 5.32 Å². The lowest BCUT2D eigenvalue weighted by Gasteiger charge is -2.11. The van der Waals surface area contributed by atoms with Gasteiger partial charge >= 0.3 is 5.97 Å². The number of aliphatic carboxylic acids is 1. The van der Waals surface area contributed by atoms with E-state index in [-0.39, 0.29) is 5.95 Å². The fraction of sp³-hybridized carbons (Fsp3) is 0.357. The van der Waals surface area contributed by atoms with E-state index in [4.69, 9.17) is 9.63 Å². The minimum Gasteiger partial charge on any atom is -0.480 e. The lowest BCUT2D eigenvalue weighted by molar-refractivity contribution is -0.138. The van der Waals surface area contributed by atoms with E-state index < -0.39 is 12.0 Å². The van der Waals surface area contributed by atoms with Crippen LogP contribution in [0.15, 0.2) is 34.9 Å². The smallest absolute Gasteiger partial charge is 0.326 e. The fourth-order valence-electron chi connectivity index (χ4n) is 1.80. The van der Waals surface area contributed by atoms with E-state index in [2.05, 4.69) is 15.5 Å². The predicted octanol–water partition coefficient (Wildman–Crippen LogP) is 2.79. The number of hydrogen-bond acceptors (Lipinski definition) is 5. The second-order valence-corrected chi connectivity index (χ2v) is 4.47. The van der Waals surface area contributed by atoms with Gasteiger partial charge in [0.15, 0.2) is 0 Å². The van der Waals surface area contributed by atoms with E-state index in [9.17, 15) is 4.79 Å². The molecule has 0 fully saturated rings. The van der Waals surface area contributed by atoms with Crippen molar-refractivity contribution in [3.63, 3.8) is 0 Å². The zero-order valence-electron chi connectivity index (χ0n) is 11.2. The third-order valence-corrected chi connectivity index (χ3v) is 2.89. The molecule has 2 rings (SSSR count). The molecule has 1 atom stereocenters. The number of unbranched alkanes of at least 4 members (excludes halogenated alkanes) is 1. The number of carboxylic acid groups (broad SMARTS) is 1. The second-order valence-electron chi connectivity index (χ2n) is 4.47. The van der Waals surface area contributed by atoms with Gasteiger partial charge in [0.1, 0.15) is 6.04 Å². The molecule has 1 aromatic heterocycles. The summed E-state index contributed by atoms with van der Waals surface area (Å²) in [7, 11) is 0. The number of hydrogen-bond donors (Lipinski definition) is 2. The lowest BCUT2D eigenvalue weighted by Crippen LogP contribution is -2.29. The first-order valence-electron chi connectivity index (χ1n) is 6.59. The quantitative estimate of drug-likeness (QED) is 0.807. The van der Waals surface area contributed by atoms with Crippen molar-refractivity contribution in [1.29, 1.82) is 0 Å². The first kappa shape index (κ1) is 14.0. The lowest BCUT2D eigenvalue weighted by atomic mass is 10.1. The Hall–Kier alpha value is -2.37. The Bertz CT molecular complexity index is 554. The molecule has 106 valence electrons. The van der Waals surface area contributed by atoms with Gasteiger partial charge in [-0.25, -0.2) is 4.79 Å². The van der Waals surface area contributed by atoms with Crippen molar-refractivity contribution in [2.75, 3.05) is 5.32 Å². The van der Waals surface area contributed by atoms with Crippen LogP contribution in [-0.2, 0) is 4.79 Å². The van der Waals surface area contributed by atoms with Gasteiger partial charge < -0.3 is 14.9 Å². The van der Waals surface area contributed by atoms with Gasteiger partial charge in [-0.05, 0) is 23.7 Å². The van der Waals surface area contributed by atoms with Gasteiger partial charge in [0, 0.05) is 5.56 Å². The van der Waals surface area contributed by atoms with Crippen molar-refractivity contribution in [3.8, 4) is 11.5 Å². The number of aromatic nitrogens is 2. The molecule has 0 aliphatic carbocycles. The average Bonchev–Trinajstić information content (AvgIpc) is 2.92. The Balaban J connectivity index is 2.06. The summed E-state index contributed by atoms with van der Waals surface area (Å²) in [6.07, 6.45) is 2.29. The molecular weight excluding hydrogens is 258 g/mol. The molecule has 2 N–H and O–H groups in total. The van der Waals surface area contributed by atoms with Crippen molar-refractivity contribution in [2.24, 2.45) is 0 Å². The molecule has 0 aliphatic rings. The third kappa shape index (κ3) is 3.57. The Morgan fingerprint density at radius 3 is 2.80 bits per heavy atom. The van der Waals surface area contributed by atoms with Crippen molar-refractivity contribution in [2.45, 2.75) is 32.2 Å². The van der Waals surface area contributed by atoms with E-state index in [1.807, 2.05) is 37.3 Å². The van der Waals surface area contributed by atoms with Gasteiger partial charge in [-0.1, -0.05) is 38.0 Å². The van der Waals surface area contributed by atoms with Crippen LogP contribution in [0.3, 0.4) is 0 Å². The highest BCUT2D eigenvalue weighted by Crippen LogP contribution is 2.18. The molecule has 20 heavy (non-hydrogen) atoms. The van der Waals surface area contributed by atoms with Crippen LogP contribution in [0.1, 0.15) is 26.2 Å². The molecule has 0 aliphatic heterocycles. The number of rotatable bonds is 7. The standard InChI is InChI=1S/C14H17N3O3/c1-2-3-9-11(13(18)19)15-14-16-12(20-17-14)10-7-5-4-6-8-10/h4-8,11H,2-3,9H2,1H3,(H,15,17)(H,18,19). The summed E-state index contributed by atoms with van der Waals surface area (Å²) in [5, 5.41) is 15.7. The summed E-state index contributed by atoms with van der Waals surface area (Å²) in [4.78, 5) is 15.3. The maximum Gasteiger partial charge on any atom is 0.326 e. The minimum absolute atomic E-state index is 0.201. The summed E-state index contributed by atoms with van der Waals surface area (Å²) in [5.41, 5.74) is 0.800. The molecule has 1 heterocycles. The SMILES string of the molecule is CCCCC(Nc1noc(-c2ccccc2)n1)C(=O)O. The Morgan fingerprint density at radius 1 is 1.40 bits per heavy atom. The summed E-state index contributed by atoms with van der Waals surface area (Å²) >= 11 is 0. The van der Waals surface area contributed by atoms with Gasteiger partial charge in [-0.2, -0.15) is 4.98 Å². The molecule has 0 bridgehead atoms. The van der Waals surface area contributed by atoms with Crippen LogP contribution in [0, 0.1) is 0 Å². The summed E-state index contributed by atoms with van der Waals surface area (Å²) < 4.78 is 5.12. The number of anilines is 1. The zero-order valence-corrected chi connectivity index (χ0v) is 11.2. The summed E-state index contributed by atoms with van der Waals surface area (Å²) in [6, 6.07) is 8.63. The van der Waals surface area contributed by atoms with Crippen molar-refractivity contribution >= 4 is 11.9 Å². The number of nitrogens with zero attached hydrogens (tertiary/aromatic N) is 2. The van der Waals surface area contributed by atoms with Crippen LogP contribution in [0.2, 0.25) is 0 Å². The van der Waals surface area contributed by atoms with Crippen LogP contribution in [0.5, 0.6) is 0 Å². The zero-order chi connectivity index (χ0) is 14.4. The highest BCUT2D eigenvalue weighted by molar-refractivity contribution is 5.76. The second kappa shape index (κ2) is 6.70. The number of carboxylic acids is 1. The number of carbonyl (C=O) groups is 1. The van der Waals surface area contributed by atoms with Crippen molar-refractivity contribution in [3.05, 3.63) is 30.3 Å². The largest absolute Gasteiger partial charge is 0.480 e. The van der Waals surface area contributed by atoms with Crippen LogP contribution in [-0.4, -0.2) is 27.3 Å². The minimum atomic E-state index is -0.912. The number of benzene rings is 1. The first-order valence-corrected chi connectivity index (χ1v) is 6.59. The Morgan fingerprint density at radius 2 is 2.15 bits per heavy atom. The Labute approximate surface area is 116 Å².